The van der Waals surface area contributed by atoms with E-state index < -0.39 is 0 Å². The van der Waals surface area contributed by atoms with Crippen molar-refractivity contribution in [3.63, 3.8) is 0 Å². The standard InChI is InChI=1S/C5H5.C5H7.Ti/c1-2-4-5-3-1;1-3-5-4-2;/h1-3H,4H2;3-5H,1-2H2;/q2*-1;+2. The molecule has 0 aromatic rings. The Morgan fingerprint density at radius 3 is 2.36 bits per heavy atom. The van der Waals surface area contributed by atoms with Gasteiger partial charge in [0, 0.05) is 0 Å². The predicted molar refractivity (Wildman–Crippen MR) is 46.3 cm³/mol. The molecule has 0 bridgehead atoms. The van der Waals surface area contributed by atoms with Gasteiger partial charge in [0.1, 0.15) is 0 Å². The van der Waals surface area contributed by atoms with Crippen LogP contribution in [0.4, 0.5) is 0 Å². The van der Waals surface area contributed by atoms with Crippen molar-refractivity contribution >= 4 is 0 Å². The molecular weight excluding hydrogens is 168 g/mol. The van der Waals surface area contributed by atoms with Gasteiger partial charge >= 0.3 is 21.7 Å². The normalized spacial score (nSPS) is 12.0. The van der Waals surface area contributed by atoms with E-state index in [4.69, 9.17) is 0 Å². The molecule has 0 saturated carbocycles. The number of hydrogen-bond donors (Lipinski definition) is 0. The second kappa shape index (κ2) is 12.2. The molecule has 0 aromatic heterocycles. The minimum atomic E-state index is 0. The smallest absolute Gasteiger partial charge is 0.273 e. The van der Waals surface area contributed by atoms with Crippen LogP contribution in [0.3, 0.4) is 0 Å². The van der Waals surface area contributed by atoms with Crippen LogP contribution in [0.5, 0.6) is 0 Å². The van der Waals surface area contributed by atoms with Gasteiger partial charge in [-0.2, -0.15) is 12.2 Å². The summed E-state index contributed by atoms with van der Waals surface area (Å²) in [4.78, 5) is 0. The van der Waals surface area contributed by atoms with Gasteiger partial charge in [-0.15, -0.1) is 13.0 Å². The zero-order chi connectivity index (χ0) is 7.66. The molecule has 1 aliphatic carbocycles. The first kappa shape index (κ1) is 13.2. The van der Waals surface area contributed by atoms with E-state index in [0.29, 0.717) is 0 Å². The van der Waals surface area contributed by atoms with Crippen LogP contribution in [0.2, 0.25) is 0 Å². The minimum Gasteiger partial charge on any atom is -0.273 e. The molecule has 0 radical (unpaired) electrons. The van der Waals surface area contributed by atoms with E-state index in [-0.39, 0.29) is 21.7 Å². The molecular formula is C10H12Ti. The quantitative estimate of drug-likeness (QED) is 0.330. The molecule has 0 unspecified atom stereocenters. The monoisotopic (exact) mass is 180 g/mol. The molecule has 1 heteroatoms. The first-order valence-corrected chi connectivity index (χ1v) is 3.20. The molecule has 56 valence electrons. The average Bonchev–Trinajstić information content (AvgIpc) is 2.44. The summed E-state index contributed by atoms with van der Waals surface area (Å²) in [5, 5.41) is 0. The molecule has 0 fully saturated rings. The van der Waals surface area contributed by atoms with Gasteiger partial charge in [-0.05, 0) is 0 Å². The van der Waals surface area contributed by atoms with Crippen LogP contribution < -0.4 is 0 Å². The average molecular weight is 180 g/mol. The van der Waals surface area contributed by atoms with Gasteiger partial charge in [0.2, 0.25) is 0 Å². The second-order valence-corrected chi connectivity index (χ2v) is 1.67. The van der Waals surface area contributed by atoms with Crippen molar-refractivity contribution in [1.82, 2.24) is 0 Å². The molecule has 0 spiro atoms. The van der Waals surface area contributed by atoms with E-state index in [9.17, 15) is 0 Å². The van der Waals surface area contributed by atoms with Crippen molar-refractivity contribution in [3.8, 4) is 0 Å². The second-order valence-electron chi connectivity index (χ2n) is 1.67. The van der Waals surface area contributed by atoms with Crippen LogP contribution >= 0.6 is 0 Å². The molecule has 1 rings (SSSR count). The van der Waals surface area contributed by atoms with Crippen LogP contribution in [0.1, 0.15) is 6.42 Å². The number of rotatable bonds is 1. The van der Waals surface area contributed by atoms with E-state index in [1.54, 1.807) is 18.2 Å². The molecule has 0 amide bonds. The third-order valence-corrected chi connectivity index (χ3v) is 0.858. The predicted octanol–water partition coefficient (Wildman–Crippen LogP) is 2.87. The fourth-order valence-electron chi connectivity index (χ4n) is 0.436. The van der Waals surface area contributed by atoms with E-state index in [0.717, 1.165) is 6.42 Å². The van der Waals surface area contributed by atoms with E-state index in [1.807, 2.05) is 12.2 Å². The first-order chi connectivity index (χ1) is 4.91. The minimum absolute atomic E-state index is 0. The molecule has 0 atom stereocenters. The van der Waals surface area contributed by atoms with Gasteiger partial charge in [0.05, 0.1) is 0 Å². The van der Waals surface area contributed by atoms with Crippen LogP contribution in [0.15, 0.2) is 43.0 Å². The fourth-order valence-corrected chi connectivity index (χ4v) is 0.436. The maximum absolute atomic E-state index is 3.42. The summed E-state index contributed by atoms with van der Waals surface area (Å²) < 4.78 is 0. The molecule has 0 heterocycles. The summed E-state index contributed by atoms with van der Waals surface area (Å²) in [5.74, 6) is 0. The van der Waals surface area contributed by atoms with Crippen molar-refractivity contribution in [3.05, 3.63) is 56.0 Å². The molecule has 1 aliphatic rings. The Kier molecular flexibility index (Phi) is 14.6. The largest absolute Gasteiger partial charge is 2.00 e. The molecule has 0 nitrogen and oxygen atoms in total. The number of allylic oxidation sites excluding steroid dienone is 7. The Labute approximate surface area is 84.3 Å². The summed E-state index contributed by atoms with van der Waals surface area (Å²) in [5.41, 5.74) is 0. The Balaban J connectivity index is 0. The SMILES string of the molecule is C=CC=C[CH2-].[C-]1=CC=CC1.[Ti+2]. The Bertz CT molecular complexity index is 140. The van der Waals surface area contributed by atoms with Gasteiger partial charge in [0.25, 0.3) is 0 Å². The van der Waals surface area contributed by atoms with Gasteiger partial charge < -0.3 is 0 Å². The summed E-state index contributed by atoms with van der Waals surface area (Å²) >= 11 is 0. The maximum Gasteiger partial charge on any atom is 2.00 e. The topological polar surface area (TPSA) is 0 Å². The van der Waals surface area contributed by atoms with Crippen LogP contribution in [0.25, 0.3) is 0 Å². The maximum atomic E-state index is 3.42. The number of hydrogen-bond acceptors (Lipinski definition) is 0. The van der Waals surface area contributed by atoms with E-state index in [2.05, 4.69) is 25.7 Å². The Morgan fingerprint density at radius 1 is 1.55 bits per heavy atom. The van der Waals surface area contributed by atoms with Crippen molar-refractivity contribution < 1.29 is 21.7 Å². The summed E-state index contributed by atoms with van der Waals surface area (Å²) in [6, 6.07) is 0. The third-order valence-electron chi connectivity index (χ3n) is 0.858. The van der Waals surface area contributed by atoms with Crippen molar-refractivity contribution in [2.75, 3.05) is 0 Å². The van der Waals surface area contributed by atoms with Gasteiger partial charge in [0.15, 0.2) is 0 Å². The van der Waals surface area contributed by atoms with Gasteiger partial charge in [-0.25, -0.2) is 31.2 Å². The molecule has 0 aromatic carbocycles. The summed E-state index contributed by atoms with van der Waals surface area (Å²) in [6.45, 7) is 6.85. The van der Waals surface area contributed by atoms with Crippen LogP contribution in [-0.4, -0.2) is 0 Å². The Hall–Kier alpha value is -0.456. The zero-order valence-corrected chi connectivity index (χ0v) is 8.15. The van der Waals surface area contributed by atoms with E-state index >= 15 is 0 Å². The molecule has 11 heavy (non-hydrogen) atoms. The van der Waals surface area contributed by atoms with Gasteiger partial charge in [-0.1, -0.05) is 0 Å². The first-order valence-electron chi connectivity index (χ1n) is 3.20. The summed E-state index contributed by atoms with van der Waals surface area (Å²) in [6.07, 6.45) is 15.2. The summed E-state index contributed by atoms with van der Waals surface area (Å²) in [7, 11) is 0. The zero-order valence-electron chi connectivity index (χ0n) is 6.59. The van der Waals surface area contributed by atoms with Gasteiger partial charge in [-0.3, -0.25) is 6.08 Å². The van der Waals surface area contributed by atoms with Crippen molar-refractivity contribution in [2.45, 2.75) is 6.42 Å². The van der Waals surface area contributed by atoms with E-state index in [1.165, 1.54) is 0 Å². The molecule has 0 N–H and O–H groups in total. The Morgan fingerprint density at radius 2 is 2.27 bits per heavy atom. The van der Waals surface area contributed by atoms with Crippen molar-refractivity contribution in [2.24, 2.45) is 0 Å². The fraction of sp³-hybridized carbons (Fsp3) is 0.100. The molecule has 0 saturated heterocycles. The third kappa shape index (κ3) is 12.7. The molecule has 0 aliphatic heterocycles. The van der Waals surface area contributed by atoms with Crippen LogP contribution in [0, 0.1) is 13.0 Å². The van der Waals surface area contributed by atoms with Crippen molar-refractivity contribution in [1.29, 1.82) is 0 Å². The van der Waals surface area contributed by atoms with Crippen LogP contribution in [-0.2, 0) is 21.7 Å².